The first-order valence-electron chi connectivity index (χ1n) is 13.2. The summed E-state index contributed by atoms with van der Waals surface area (Å²) in [6.45, 7) is 9.23. The van der Waals surface area contributed by atoms with Gasteiger partial charge in [-0.25, -0.2) is 4.39 Å². The Morgan fingerprint density at radius 2 is 1.73 bits per heavy atom. The Balaban J connectivity index is 1.59. The molecule has 4 nitrogen and oxygen atoms in total. The number of carbonyl (C=O) groups excluding carboxylic acids is 1. The summed E-state index contributed by atoms with van der Waals surface area (Å²) in [6, 6.07) is 23.3. The highest BCUT2D eigenvalue weighted by molar-refractivity contribution is 5.73. The zero-order chi connectivity index (χ0) is 26.4. The fourth-order valence-electron chi connectivity index (χ4n) is 5.23. The third kappa shape index (κ3) is 7.06. The summed E-state index contributed by atoms with van der Waals surface area (Å²) in [7, 11) is 0. The van der Waals surface area contributed by atoms with Crippen molar-refractivity contribution in [3.8, 4) is 11.1 Å². The highest BCUT2D eigenvalue weighted by Gasteiger charge is 2.40. The van der Waals surface area contributed by atoms with Crippen molar-refractivity contribution in [2.75, 3.05) is 6.54 Å². The molecule has 0 spiro atoms. The van der Waals surface area contributed by atoms with E-state index in [-0.39, 0.29) is 30.0 Å². The summed E-state index contributed by atoms with van der Waals surface area (Å²) in [5, 5.41) is 2.86. The van der Waals surface area contributed by atoms with E-state index in [1.165, 1.54) is 13.0 Å². The van der Waals surface area contributed by atoms with E-state index < -0.39 is 0 Å². The number of amides is 1. The maximum Gasteiger partial charge on any atom is 0.216 e. The molecule has 37 heavy (non-hydrogen) atoms. The van der Waals surface area contributed by atoms with Gasteiger partial charge in [0.1, 0.15) is 5.82 Å². The molecule has 0 radical (unpaired) electrons. The molecule has 1 fully saturated rings. The quantitative estimate of drug-likeness (QED) is 0.370. The fraction of sp³-hybridized carbons (Fsp3) is 0.406. The molecule has 4 rings (SSSR count). The van der Waals surface area contributed by atoms with Crippen LogP contribution in [-0.2, 0) is 33.7 Å². The third-order valence-corrected chi connectivity index (χ3v) is 7.64. The van der Waals surface area contributed by atoms with Crippen LogP contribution in [0, 0.1) is 17.7 Å². The Hall–Kier alpha value is -3.02. The maximum atomic E-state index is 14.1. The molecule has 0 bridgehead atoms. The van der Waals surface area contributed by atoms with E-state index in [9.17, 15) is 9.18 Å². The summed E-state index contributed by atoms with van der Waals surface area (Å²) < 4.78 is 27.1. The van der Waals surface area contributed by atoms with Gasteiger partial charge in [-0.3, -0.25) is 4.79 Å². The molecule has 1 unspecified atom stereocenters. The average Bonchev–Trinajstić information content (AvgIpc) is 2.88. The first-order chi connectivity index (χ1) is 17.8. The Kier molecular flexibility index (Phi) is 9.12. The standard InChI is InChI=1S/C32H38FNO3/c1-21-22(2)32(36-20-25-9-6-5-7-10-25)31(37-23(21)3)18-26-13-14-27(15-16-34-24(4)35)30(17-26)28-11-8-12-29(33)19-28/h5-14,17,19,21-23,31-32H,15-16,18,20H2,1-4H3,(H,34,35)/t21-,22-,23+,31+,32?/m1/s1. The number of hydrogen-bond donors (Lipinski definition) is 1. The van der Waals surface area contributed by atoms with Crippen LogP contribution in [0.15, 0.2) is 72.8 Å². The normalized spacial score (nSPS) is 23.5. The monoisotopic (exact) mass is 503 g/mol. The lowest BCUT2D eigenvalue weighted by Gasteiger charge is -2.44. The Bertz CT molecular complexity index is 1180. The van der Waals surface area contributed by atoms with Crippen LogP contribution in [0.3, 0.4) is 0 Å². The number of benzene rings is 3. The lowest BCUT2D eigenvalue weighted by molar-refractivity contribution is -0.184. The molecule has 1 N–H and O–H groups in total. The van der Waals surface area contributed by atoms with Gasteiger partial charge in [-0.15, -0.1) is 0 Å². The Morgan fingerprint density at radius 1 is 0.946 bits per heavy atom. The number of halogens is 1. The first kappa shape index (κ1) is 27.0. The lowest BCUT2D eigenvalue weighted by atomic mass is 9.80. The minimum atomic E-state index is -0.266. The predicted molar refractivity (Wildman–Crippen MR) is 146 cm³/mol. The van der Waals surface area contributed by atoms with Crippen LogP contribution in [0.4, 0.5) is 4.39 Å². The fourth-order valence-corrected chi connectivity index (χ4v) is 5.23. The molecule has 1 aliphatic rings. The molecular formula is C32H38FNO3. The van der Waals surface area contributed by atoms with Crippen molar-refractivity contribution in [3.63, 3.8) is 0 Å². The molecule has 0 aliphatic carbocycles. The summed E-state index contributed by atoms with van der Waals surface area (Å²) in [6.07, 6.45) is 1.38. The molecule has 1 aliphatic heterocycles. The molecule has 3 aromatic rings. The van der Waals surface area contributed by atoms with Gasteiger partial charge in [0, 0.05) is 19.9 Å². The van der Waals surface area contributed by atoms with Gasteiger partial charge in [-0.05, 0) is 65.1 Å². The van der Waals surface area contributed by atoms with Crippen molar-refractivity contribution in [1.82, 2.24) is 5.32 Å². The van der Waals surface area contributed by atoms with Crippen molar-refractivity contribution >= 4 is 5.91 Å². The number of ether oxygens (including phenoxy) is 2. The predicted octanol–water partition coefficient (Wildman–Crippen LogP) is 6.36. The van der Waals surface area contributed by atoms with Gasteiger partial charge in [0.2, 0.25) is 5.91 Å². The largest absolute Gasteiger partial charge is 0.372 e. The van der Waals surface area contributed by atoms with Gasteiger partial charge >= 0.3 is 0 Å². The molecule has 5 heteroatoms. The Labute approximate surface area is 220 Å². The zero-order valence-electron chi connectivity index (χ0n) is 22.2. The molecule has 3 aromatic carbocycles. The average molecular weight is 504 g/mol. The molecule has 1 heterocycles. The number of hydrogen-bond acceptors (Lipinski definition) is 3. The van der Waals surface area contributed by atoms with E-state index in [1.54, 1.807) is 12.1 Å². The topological polar surface area (TPSA) is 47.6 Å². The third-order valence-electron chi connectivity index (χ3n) is 7.64. The van der Waals surface area contributed by atoms with Crippen LogP contribution in [-0.4, -0.2) is 30.8 Å². The molecular weight excluding hydrogens is 465 g/mol. The highest BCUT2D eigenvalue weighted by atomic mass is 19.1. The van der Waals surface area contributed by atoms with E-state index in [4.69, 9.17) is 9.47 Å². The van der Waals surface area contributed by atoms with Crippen LogP contribution in [0.25, 0.3) is 11.1 Å². The summed E-state index contributed by atoms with van der Waals surface area (Å²) in [5.74, 6) is 0.405. The van der Waals surface area contributed by atoms with Gasteiger partial charge in [0.05, 0.1) is 24.9 Å². The number of rotatable bonds is 9. The van der Waals surface area contributed by atoms with Crippen molar-refractivity contribution in [1.29, 1.82) is 0 Å². The van der Waals surface area contributed by atoms with Crippen molar-refractivity contribution in [3.05, 3.63) is 95.3 Å². The van der Waals surface area contributed by atoms with Gasteiger partial charge in [0.25, 0.3) is 0 Å². The smallest absolute Gasteiger partial charge is 0.216 e. The van der Waals surface area contributed by atoms with Crippen LogP contribution in [0.1, 0.15) is 44.4 Å². The molecule has 196 valence electrons. The summed E-state index contributed by atoms with van der Waals surface area (Å²) >= 11 is 0. The molecule has 0 aromatic heterocycles. The summed E-state index contributed by atoms with van der Waals surface area (Å²) in [4.78, 5) is 11.4. The van der Waals surface area contributed by atoms with Crippen molar-refractivity contribution in [2.45, 2.75) is 65.5 Å². The minimum absolute atomic E-state index is 0.0385. The van der Waals surface area contributed by atoms with Crippen molar-refractivity contribution < 1.29 is 18.7 Å². The van der Waals surface area contributed by atoms with E-state index in [0.717, 1.165) is 27.8 Å². The van der Waals surface area contributed by atoms with Crippen LogP contribution in [0.5, 0.6) is 0 Å². The van der Waals surface area contributed by atoms with Gasteiger partial charge in [0.15, 0.2) is 0 Å². The zero-order valence-corrected chi connectivity index (χ0v) is 22.2. The SMILES string of the molecule is CC(=O)NCCc1ccc(C[C@@H]2O[C@@H](C)[C@H](C)[C@@H](C)C2OCc2ccccc2)cc1-c1cccc(F)c1. The first-order valence-corrected chi connectivity index (χ1v) is 13.2. The maximum absolute atomic E-state index is 14.1. The van der Waals surface area contributed by atoms with Crippen LogP contribution < -0.4 is 5.32 Å². The molecule has 0 saturated carbocycles. The number of nitrogens with one attached hydrogen (secondary N) is 1. The van der Waals surface area contributed by atoms with Crippen LogP contribution >= 0.6 is 0 Å². The van der Waals surface area contributed by atoms with Gasteiger partial charge < -0.3 is 14.8 Å². The lowest BCUT2D eigenvalue weighted by Crippen LogP contribution is -2.50. The minimum Gasteiger partial charge on any atom is -0.372 e. The van der Waals surface area contributed by atoms with Crippen molar-refractivity contribution in [2.24, 2.45) is 11.8 Å². The van der Waals surface area contributed by atoms with E-state index in [1.807, 2.05) is 24.3 Å². The van der Waals surface area contributed by atoms with E-state index in [2.05, 4.69) is 56.4 Å². The summed E-state index contributed by atoms with van der Waals surface area (Å²) in [5.41, 5.74) is 5.15. The number of carbonyl (C=O) groups is 1. The molecule has 1 amide bonds. The van der Waals surface area contributed by atoms with E-state index >= 15 is 0 Å². The second kappa shape index (κ2) is 12.5. The van der Waals surface area contributed by atoms with Gasteiger partial charge in [-0.2, -0.15) is 0 Å². The highest BCUT2D eigenvalue weighted by Crippen LogP contribution is 2.35. The molecule has 1 saturated heterocycles. The van der Waals surface area contributed by atoms with Crippen LogP contribution in [0.2, 0.25) is 0 Å². The molecule has 5 atom stereocenters. The Morgan fingerprint density at radius 3 is 2.46 bits per heavy atom. The van der Waals surface area contributed by atoms with Gasteiger partial charge in [-0.1, -0.05) is 74.5 Å². The second-order valence-electron chi connectivity index (χ2n) is 10.3. The van der Waals surface area contributed by atoms with E-state index in [0.29, 0.717) is 37.8 Å². The second-order valence-corrected chi connectivity index (χ2v) is 10.3.